The van der Waals surface area contributed by atoms with Crippen LogP contribution in [0.3, 0.4) is 0 Å². The van der Waals surface area contributed by atoms with E-state index in [1.165, 1.54) is 12.6 Å². The van der Waals surface area contributed by atoms with Crippen molar-refractivity contribution in [1.82, 2.24) is 15.0 Å². The molecule has 2 rings (SSSR count). The second-order valence-electron chi connectivity index (χ2n) is 3.05. The molecule has 0 spiro atoms. The Morgan fingerprint density at radius 1 is 1.50 bits per heavy atom. The van der Waals surface area contributed by atoms with E-state index in [4.69, 9.17) is 10.0 Å². The molecule has 0 aromatic carbocycles. The van der Waals surface area contributed by atoms with Gasteiger partial charge in [0, 0.05) is 0 Å². The van der Waals surface area contributed by atoms with Gasteiger partial charge in [-0.25, -0.2) is 0 Å². The van der Waals surface area contributed by atoms with Gasteiger partial charge < -0.3 is 10.0 Å². The summed E-state index contributed by atoms with van der Waals surface area (Å²) in [5.74, 6) is 0. The van der Waals surface area contributed by atoms with E-state index >= 15 is 0 Å². The minimum absolute atomic E-state index is 0.224. The van der Waals surface area contributed by atoms with Crippen molar-refractivity contribution in [2.24, 2.45) is 0 Å². The summed E-state index contributed by atoms with van der Waals surface area (Å²) < 4.78 is 0. The average molecular weight is 167 g/mol. The fraction of sp³-hybridized carbons (Fsp3) is 0.667. The van der Waals surface area contributed by atoms with Crippen molar-refractivity contribution in [3.8, 4) is 0 Å². The van der Waals surface area contributed by atoms with Crippen LogP contribution in [0, 0.1) is 0 Å². The third-order valence-electron chi connectivity index (χ3n) is 2.19. The molecule has 5 nitrogen and oxygen atoms in total. The average Bonchev–Trinajstić information content (AvgIpc) is 2.32. The molecule has 1 saturated carbocycles. The van der Waals surface area contributed by atoms with Gasteiger partial charge >= 0.3 is 7.12 Å². The van der Waals surface area contributed by atoms with Crippen LogP contribution in [0.5, 0.6) is 0 Å². The SMILES string of the molecule is OB(O)c1cnn(C2CCC2)n1. The molecule has 0 saturated heterocycles. The lowest BCUT2D eigenvalue weighted by Crippen LogP contribution is -2.32. The highest BCUT2D eigenvalue weighted by atomic mass is 16.4. The Balaban J connectivity index is 2.12. The molecule has 0 aliphatic heterocycles. The van der Waals surface area contributed by atoms with Crippen LogP contribution in [0.1, 0.15) is 25.3 Å². The second kappa shape index (κ2) is 2.87. The van der Waals surface area contributed by atoms with Gasteiger partial charge in [0.1, 0.15) is 5.59 Å². The van der Waals surface area contributed by atoms with Crippen LogP contribution in [0.25, 0.3) is 0 Å². The minimum atomic E-state index is -1.50. The zero-order valence-electron chi connectivity index (χ0n) is 6.59. The van der Waals surface area contributed by atoms with Crippen molar-refractivity contribution in [2.45, 2.75) is 25.3 Å². The molecular weight excluding hydrogens is 157 g/mol. The van der Waals surface area contributed by atoms with E-state index in [1.54, 1.807) is 4.80 Å². The lowest BCUT2D eigenvalue weighted by atomic mass is 9.87. The van der Waals surface area contributed by atoms with E-state index in [9.17, 15) is 0 Å². The van der Waals surface area contributed by atoms with Gasteiger partial charge in [0.2, 0.25) is 0 Å². The topological polar surface area (TPSA) is 71.2 Å². The maximum atomic E-state index is 8.75. The predicted molar refractivity (Wildman–Crippen MR) is 42.7 cm³/mol. The molecular formula is C6H10BN3O2. The van der Waals surface area contributed by atoms with E-state index in [2.05, 4.69) is 10.2 Å². The molecule has 1 aromatic heterocycles. The van der Waals surface area contributed by atoms with Crippen LogP contribution in [0.15, 0.2) is 6.20 Å². The van der Waals surface area contributed by atoms with Crippen LogP contribution in [0.4, 0.5) is 0 Å². The summed E-state index contributed by atoms with van der Waals surface area (Å²) in [4.78, 5) is 1.57. The number of rotatable bonds is 2. The largest absolute Gasteiger partial charge is 0.511 e. The maximum Gasteiger partial charge on any atom is 0.511 e. The molecule has 1 aliphatic carbocycles. The molecule has 64 valence electrons. The van der Waals surface area contributed by atoms with Gasteiger partial charge in [0.05, 0.1) is 12.2 Å². The number of aromatic nitrogens is 3. The van der Waals surface area contributed by atoms with Gasteiger partial charge in [0.15, 0.2) is 0 Å². The van der Waals surface area contributed by atoms with E-state index in [-0.39, 0.29) is 5.59 Å². The Kier molecular flexibility index (Phi) is 1.86. The first-order valence-corrected chi connectivity index (χ1v) is 4.05. The van der Waals surface area contributed by atoms with Crippen LogP contribution in [-0.4, -0.2) is 32.2 Å². The molecule has 2 N–H and O–H groups in total. The van der Waals surface area contributed by atoms with Crippen molar-refractivity contribution in [3.05, 3.63) is 6.20 Å². The third-order valence-corrected chi connectivity index (χ3v) is 2.19. The molecule has 1 fully saturated rings. The van der Waals surface area contributed by atoms with Crippen molar-refractivity contribution in [2.75, 3.05) is 0 Å². The predicted octanol–water partition coefficient (Wildman–Crippen LogP) is -1.32. The summed E-state index contributed by atoms with van der Waals surface area (Å²) in [6.07, 6.45) is 4.79. The molecule has 6 heteroatoms. The Labute approximate surface area is 70.2 Å². The Morgan fingerprint density at radius 2 is 2.25 bits per heavy atom. The standard InChI is InChI=1S/C6H10BN3O2/c11-7(12)6-4-8-10(9-6)5-2-1-3-5/h4-5,11-12H,1-3H2. The Bertz CT molecular complexity index is 272. The van der Waals surface area contributed by atoms with Gasteiger partial charge in [-0.3, -0.25) is 0 Å². The van der Waals surface area contributed by atoms with E-state index in [1.807, 2.05) is 0 Å². The first-order chi connectivity index (χ1) is 5.77. The van der Waals surface area contributed by atoms with Crippen LogP contribution >= 0.6 is 0 Å². The molecule has 1 aliphatic rings. The molecule has 1 heterocycles. The maximum absolute atomic E-state index is 8.75. The van der Waals surface area contributed by atoms with Crippen LogP contribution in [-0.2, 0) is 0 Å². The Hall–Kier alpha value is -0.875. The fourth-order valence-electron chi connectivity index (χ4n) is 1.20. The van der Waals surface area contributed by atoms with Gasteiger partial charge in [-0.15, -0.1) is 0 Å². The quantitative estimate of drug-likeness (QED) is 0.536. The van der Waals surface area contributed by atoms with Crippen molar-refractivity contribution in [3.63, 3.8) is 0 Å². The van der Waals surface area contributed by atoms with E-state index in [0.717, 1.165) is 12.8 Å². The number of nitrogens with zero attached hydrogens (tertiary/aromatic N) is 3. The van der Waals surface area contributed by atoms with Crippen molar-refractivity contribution < 1.29 is 10.0 Å². The van der Waals surface area contributed by atoms with E-state index in [0.29, 0.717) is 6.04 Å². The highest BCUT2D eigenvalue weighted by molar-refractivity contribution is 6.57. The van der Waals surface area contributed by atoms with Crippen LogP contribution in [0.2, 0.25) is 0 Å². The first-order valence-electron chi connectivity index (χ1n) is 4.05. The summed E-state index contributed by atoms with van der Waals surface area (Å²) in [5, 5.41) is 25.4. The van der Waals surface area contributed by atoms with Gasteiger partial charge in [-0.05, 0) is 19.3 Å². The number of hydrogen-bond donors (Lipinski definition) is 2. The molecule has 0 atom stereocenters. The summed E-state index contributed by atoms with van der Waals surface area (Å²) >= 11 is 0. The van der Waals surface area contributed by atoms with E-state index < -0.39 is 7.12 Å². The third kappa shape index (κ3) is 1.23. The molecule has 1 aromatic rings. The monoisotopic (exact) mass is 167 g/mol. The van der Waals surface area contributed by atoms with Crippen molar-refractivity contribution in [1.29, 1.82) is 0 Å². The highest BCUT2D eigenvalue weighted by Crippen LogP contribution is 2.29. The molecule has 0 radical (unpaired) electrons. The summed E-state index contributed by atoms with van der Waals surface area (Å²) in [6, 6.07) is 0.373. The minimum Gasteiger partial charge on any atom is -0.422 e. The Morgan fingerprint density at radius 3 is 2.67 bits per heavy atom. The lowest BCUT2D eigenvalue weighted by Gasteiger charge is -2.23. The normalized spacial score (nSPS) is 17.5. The fourth-order valence-corrected chi connectivity index (χ4v) is 1.20. The molecule has 0 amide bonds. The summed E-state index contributed by atoms with van der Waals surface area (Å²) in [6.45, 7) is 0. The lowest BCUT2D eigenvalue weighted by molar-refractivity contribution is 0.262. The first kappa shape index (κ1) is 7.76. The zero-order valence-corrected chi connectivity index (χ0v) is 6.59. The van der Waals surface area contributed by atoms with Crippen LogP contribution < -0.4 is 5.59 Å². The zero-order chi connectivity index (χ0) is 8.55. The molecule has 0 bridgehead atoms. The smallest absolute Gasteiger partial charge is 0.422 e. The van der Waals surface area contributed by atoms with Gasteiger partial charge in [-0.2, -0.15) is 15.0 Å². The molecule has 0 unspecified atom stereocenters. The molecule has 12 heavy (non-hydrogen) atoms. The highest BCUT2D eigenvalue weighted by Gasteiger charge is 2.23. The second-order valence-corrected chi connectivity index (χ2v) is 3.05. The summed E-state index contributed by atoms with van der Waals surface area (Å²) in [7, 11) is -1.50. The van der Waals surface area contributed by atoms with Gasteiger partial charge in [-0.1, -0.05) is 0 Å². The summed E-state index contributed by atoms with van der Waals surface area (Å²) in [5.41, 5.74) is 0.224. The van der Waals surface area contributed by atoms with Crippen molar-refractivity contribution >= 4 is 12.7 Å². The van der Waals surface area contributed by atoms with Gasteiger partial charge in [0.25, 0.3) is 0 Å². The number of hydrogen-bond acceptors (Lipinski definition) is 4.